The quantitative estimate of drug-likeness (QED) is 0.757. The van der Waals surface area contributed by atoms with Crippen molar-refractivity contribution in [3.8, 4) is 11.4 Å². The average Bonchev–Trinajstić information content (AvgIpc) is 2.91. The average molecular weight is 322 g/mol. The number of amides is 1. The molecule has 1 atom stereocenters. The van der Waals surface area contributed by atoms with Gasteiger partial charge in [0.25, 0.3) is 0 Å². The molecule has 0 radical (unpaired) electrons. The summed E-state index contributed by atoms with van der Waals surface area (Å²) < 4.78 is 2.07. The number of para-hydroxylation sites is 2. The highest BCUT2D eigenvalue weighted by atomic mass is 16.1. The Morgan fingerprint density at radius 3 is 2.58 bits per heavy atom. The van der Waals surface area contributed by atoms with Gasteiger partial charge >= 0.3 is 0 Å². The van der Waals surface area contributed by atoms with Crippen LogP contribution in [0.4, 0.5) is 5.69 Å². The van der Waals surface area contributed by atoms with Gasteiger partial charge in [0.2, 0.25) is 5.91 Å². The molecule has 5 nitrogen and oxygen atoms in total. The highest BCUT2D eigenvalue weighted by molar-refractivity contribution is 5.91. The molecule has 0 aliphatic heterocycles. The summed E-state index contributed by atoms with van der Waals surface area (Å²) >= 11 is 0. The number of carbonyl (C=O) groups excluding carboxylic acids is 1. The van der Waals surface area contributed by atoms with Gasteiger partial charge < -0.3 is 15.6 Å². The van der Waals surface area contributed by atoms with Crippen molar-refractivity contribution in [2.45, 2.75) is 25.8 Å². The molecule has 3 rings (SSSR count). The highest BCUT2D eigenvalue weighted by Crippen LogP contribution is 2.24. The zero-order chi connectivity index (χ0) is 17.1. The number of anilines is 1. The molecule has 0 saturated heterocycles. The maximum atomic E-state index is 11.9. The van der Waals surface area contributed by atoms with E-state index in [0.717, 1.165) is 28.1 Å². The second kappa shape index (κ2) is 6.84. The molecular weight excluding hydrogens is 300 g/mol. The van der Waals surface area contributed by atoms with Gasteiger partial charge in [-0.25, -0.2) is 4.98 Å². The molecule has 0 spiro atoms. The Morgan fingerprint density at radius 1 is 1.21 bits per heavy atom. The Hall–Kier alpha value is -2.66. The SMILES string of the molecule is CC(N)CCC(=O)Nc1ccc(-c2nc3ccccc3n2C)cc1. The fourth-order valence-corrected chi connectivity index (χ4v) is 2.69. The molecule has 0 bridgehead atoms. The molecule has 2 aromatic carbocycles. The molecule has 1 aromatic heterocycles. The minimum atomic E-state index is -0.0113. The number of fused-ring (bicyclic) bond motifs is 1. The zero-order valence-corrected chi connectivity index (χ0v) is 14.0. The third-order valence-corrected chi connectivity index (χ3v) is 4.04. The Kier molecular flexibility index (Phi) is 4.62. The second-order valence-corrected chi connectivity index (χ2v) is 6.12. The van der Waals surface area contributed by atoms with E-state index in [4.69, 9.17) is 5.73 Å². The lowest BCUT2D eigenvalue weighted by atomic mass is 10.1. The molecule has 3 aromatic rings. The van der Waals surface area contributed by atoms with Crippen LogP contribution in [-0.2, 0) is 11.8 Å². The number of carbonyl (C=O) groups is 1. The van der Waals surface area contributed by atoms with Gasteiger partial charge in [0.15, 0.2) is 0 Å². The molecule has 3 N–H and O–H groups in total. The second-order valence-electron chi connectivity index (χ2n) is 6.12. The zero-order valence-electron chi connectivity index (χ0n) is 14.0. The lowest BCUT2D eigenvalue weighted by Gasteiger charge is -2.08. The number of benzene rings is 2. The van der Waals surface area contributed by atoms with Crippen LogP contribution in [0, 0.1) is 0 Å². The maximum absolute atomic E-state index is 11.9. The molecule has 1 heterocycles. The molecular formula is C19H22N4O. The third-order valence-electron chi connectivity index (χ3n) is 4.04. The van der Waals surface area contributed by atoms with Crippen LogP contribution in [0.5, 0.6) is 0 Å². The normalized spacial score (nSPS) is 12.3. The lowest BCUT2D eigenvalue weighted by Crippen LogP contribution is -2.19. The molecule has 1 amide bonds. The van der Waals surface area contributed by atoms with Gasteiger partial charge in [-0.3, -0.25) is 4.79 Å². The Balaban J connectivity index is 1.76. The summed E-state index contributed by atoms with van der Waals surface area (Å²) in [6, 6.07) is 15.8. The summed E-state index contributed by atoms with van der Waals surface area (Å²) in [7, 11) is 2.01. The minimum Gasteiger partial charge on any atom is -0.328 e. The minimum absolute atomic E-state index is 0.0113. The Morgan fingerprint density at radius 2 is 1.92 bits per heavy atom. The van der Waals surface area contributed by atoms with Gasteiger partial charge in [-0.15, -0.1) is 0 Å². The molecule has 124 valence electrons. The van der Waals surface area contributed by atoms with Crippen LogP contribution in [0.25, 0.3) is 22.4 Å². The van der Waals surface area contributed by atoms with E-state index in [9.17, 15) is 4.79 Å². The van der Waals surface area contributed by atoms with E-state index < -0.39 is 0 Å². The first kappa shape index (κ1) is 16.2. The van der Waals surface area contributed by atoms with Crippen molar-refractivity contribution in [3.05, 3.63) is 48.5 Å². The van der Waals surface area contributed by atoms with Crippen molar-refractivity contribution in [3.63, 3.8) is 0 Å². The van der Waals surface area contributed by atoms with Gasteiger partial charge in [0.05, 0.1) is 11.0 Å². The number of aromatic nitrogens is 2. The van der Waals surface area contributed by atoms with Crippen molar-refractivity contribution < 1.29 is 4.79 Å². The van der Waals surface area contributed by atoms with Crippen molar-refractivity contribution in [1.82, 2.24) is 9.55 Å². The van der Waals surface area contributed by atoms with Crippen LogP contribution in [0.1, 0.15) is 19.8 Å². The number of imidazole rings is 1. The number of hydrogen-bond donors (Lipinski definition) is 2. The fraction of sp³-hybridized carbons (Fsp3) is 0.263. The number of aryl methyl sites for hydroxylation is 1. The first-order chi connectivity index (χ1) is 11.5. The number of hydrogen-bond acceptors (Lipinski definition) is 3. The summed E-state index contributed by atoms with van der Waals surface area (Å²) in [5, 5.41) is 2.90. The van der Waals surface area contributed by atoms with E-state index in [0.29, 0.717) is 12.8 Å². The summed E-state index contributed by atoms with van der Waals surface area (Å²) in [6.45, 7) is 1.90. The summed E-state index contributed by atoms with van der Waals surface area (Å²) in [4.78, 5) is 16.5. The lowest BCUT2D eigenvalue weighted by molar-refractivity contribution is -0.116. The van der Waals surface area contributed by atoms with Gasteiger partial charge in [-0.1, -0.05) is 12.1 Å². The number of nitrogens with one attached hydrogen (secondary N) is 1. The van der Waals surface area contributed by atoms with Crippen LogP contribution in [0.15, 0.2) is 48.5 Å². The van der Waals surface area contributed by atoms with Crippen LogP contribution in [0.3, 0.4) is 0 Å². The predicted molar refractivity (Wildman–Crippen MR) is 97.7 cm³/mol. The van der Waals surface area contributed by atoms with Crippen LogP contribution >= 0.6 is 0 Å². The van der Waals surface area contributed by atoms with E-state index in [1.54, 1.807) is 0 Å². The molecule has 0 aliphatic rings. The number of nitrogens with two attached hydrogens (primary N) is 1. The van der Waals surface area contributed by atoms with Crippen LogP contribution in [-0.4, -0.2) is 21.5 Å². The Bertz CT molecular complexity index is 849. The molecule has 24 heavy (non-hydrogen) atoms. The van der Waals surface area contributed by atoms with Gasteiger partial charge in [0, 0.05) is 30.8 Å². The van der Waals surface area contributed by atoms with Gasteiger partial charge in [0.1, 0.15) is 5.82 Å². The maximum Gasteiger partial charge on any atom is 0.224 e. The van der Waals surface area contributed by atoms with Crippen molar-refractivity contribution in [1.29, 1.82) is 0 Å². The highest BCUT2D eigenvalue weighted by Gasteiger charge is 2.10. The van der Waals surface area contributed by atoms with Crippen molar-refractivity contribution in [2.24, 2.45) is 12.8 Å². The predicted octanol–water partition coefficient (Wildman–Crippen LogP) is 3.31. The summed E-state index contributed by atoms with van der Waals surface area (Å²) in [5.41, 5.74) is 9.55. The molecule has 5 heteroatoms. The van der Waals surface area contributed by atoms with Crippen LogP contribution in [0.2, 0.25) is 0 Å². The monoisotopic (exact) mass is 322 g/mol. The number of nitrogens with zero attached hydrogens (tertiary/aromatic N) is 2. The number of rotatable bonds is 5. The van der Waals surface area contributed by atoms with E-state index >= 15 is 0 Å². The third kappa shape index (κ3) is 3.46. The first-order valence-corrected chi connectivity index (χ1v) is 8.12. The fourth-order valence-electron chi connectivity index (χ4n) is 2.69. The Labute approximate surface area is 141 Å². The smallest absolute Gasteiger partial charge is 0.224 e. The van der Waals surface area contributed by atoms with Crippen LogP contribution < -0.4 is 11.1 Å². The van der Waals surface area contributed by atoms with Crippen molar-refractivity contribution >= 4 is 22.6 Å². The van der Waals surface area contributed by atoms with E-state index in [-0.39, 0.29) is 11.9 Å². The molecule has 0 saturated carbocycles. The van der Waals surface area contributed by atoms with E-state index in [2.05, 4.69) is 20.9 Å². The summed E-state index contributed by atoms with van der Waals surface area (Å²) in [5.74, 6) is 0.897. The van der Waals surface area contributed by atoms with E-state index in [1.807, 2.05) is 56.4 Å². The largest absolute Gasteiger partial charge is 0.328 e. The van der Waals surface area contributed by atoms with Gasteiger partial charge in [-0.2, -0.15) is 0 Å². The standard InChI is InChI=1S/C19H22N4O/c1-13(20)7-12-18(24)21-15-10-8-14(9-11-15)19-22-16-5-3-4-6-17(16)23(19)2/h3-6,8-11,13H,7,12,20H2,1-2H3,(H,21,24). The summed E-state index contributed by atoms with van der Waals surface area (Å²) in [6.07, 6.45) is 1.12. The van der Waals surface area contributed by atoms with Gasteiger partial charge in [-0.05, 0) is 49.7 Å². The van der Waals surface area contributed by atoms with E-state index in [1.165, 1.54) is 0 Å². The van der Waals surface area contributed by atoms with Crippen molar-refractivity contribution in [2.75, 3.05) is 5.32 Å². The molecule has 0 fully saturated rings. The molecule has 1 unspecified atom stereocenters. The topological polar surface area (TPSA) is 72.9 Å². The first-order valence-electron chi connectivity index (χ1n) is 8.12. The molecule has 0 aliphatic carbocycles.